The van der Waals surface area contributed by atoms with Crippen molar-refractivity contribution in [1.82, 2.24) is 9.97 Å². The molecule has 1 atom stereocenters. The maximum atomic E-state index is 12.8. The Morgan fingerprint density at radius 3 is 2.53 bits per heavy atom. The second-order valence-electron chi connectivity index (χ2n) is 7.34. The fourth-order valence-corrected chi connectivity index (χ4v) is 3.88. The van der Waals surface area contributed by atoms with Crippen LogP contribution in [0.2, 0.25) is 0 Å². The molecule has 2 aromatic carbocycles. The minimum absolute atomic E-state index is 0.0447. The number of ether oxygens (including phenoxy) is 3. The van der Waals surface area contributed by atoms with E-state index < -0.39 is 5.91 Å². The highest BCUT2D eigenvalue weighted by atomic mass is 16.5. The van der Waals surface area contributed by atoms with Crippen molar-refractivity contribution in [3.8, 4) is 17.2 Å². The third-order valence-electron chi connectivity index (χ3n) is 5.50. The summed E-state index contributed by atoms with van der Waals surface area (Å²) >= 11 is 0. The van der Waals surface area contributed by atoms with E-state index in [9.17, 15) is 9.59 Å². The Kier molecular flexibility index (Phi) is 6.02. The molecule has 1 N–H and O–H groups in total. The van der Waals surface area contributed by atoms with E-state index in [1.165, 1.54) is 13.3 Å². The quantitative estimate of drug-likeness (QED) is 0.633. The number of Topliss-reactive ketones (excluding diaryl/α,β-unsaturated/α-hetero) is 1. The predicted octanol–water partition coefficient (Wildman–Crippen LogP) is 3.67. The molecule has 1 aliphatic rings. The highest BCUT2D eigenvalue weighted by Gasteiger charge is 2.30. The number of anilines is 1. The van der Waals surface area contributed by atoms with Crippen LogP contribution < -0.4 is 19.5 Å². The first kappa shape index (κ1) is 21.3. The van der Waals surface area contributed by atoms with Gasteiger partial charge in [-0.15, -0.1) is 0 Å². The molecule has 0 radical (unpaired) electrons. The molecule has 0 fully saturated rings. The van der Waals surface area contributed by atoms with Gasteiger partial charge < -0.3 is 14.2 Å². The van der Waals surface area contributed by atoms with E-state index in [1.807, 2.05) is 12.1 Å². The fourth-order valence-electron chi connectivity index (χ4n) is 3.88. The molecule has 0 saturated heterocycles. The van der Waals surface area contributed by atoms with Crippen LogP contribution in [0.15, 0.2) is 48.7 Å². The first-order valence-corrected chi connectivity index (χ1v) is 10.1. The van der Waals surface area contributed by atoms with Gasteiger partial charge in [0.1, 0.15) is 17.2 Å². The lowest BCUT2D eigenvalue weighted by molar-refractivity contribution is 0.0962. The van der Waals surface area contributed by atoms with Gasteiger partial charge in [-0.25, -0.2) is 9.97 Å². The third-order valence-corrected chi connectivity index (χ3v) is 5.50. The number of nitrogens with zero attached hydrogens (tertiary/aromatic N) is 2. The van der Waals surface area contributed by atoms with Gasteiger partial charge in [0.2, 0.25) is 5.95 Å². The Bertz CT molecular complexity index is 1180. The van der Waals surface area contributed by atoms with Crippen LogP contribution >= 0.6 is 0 Å². The number of hydrogen-bond acceptors (Lipinski definition) is 7. The molecule has 0 spiro atoms. The van der Waals surface area contributed by atoms with E-state index in [2.05, 4.69) is 15.3 Å². The van der Waals surface area contributed by atoms with Gasteiger partial charge in [-0.1, -0.05) is 18.2 Å². The lowest BCUT2D eigenvalue weighted by atomic mass is 9.82. The van der Waals surface area contributed by atoms with E-state index in [4.69, 9.17) is 14.2 Å². The van der Waals surface area contributed by atoms with Gasteiger partial charge >= 0.3 is 0 Å². The normalized spacial score (nSPS) is 15.0. The van der Waals surface area contributed by atoms with Crippen molar-refractivity contribution < 1.29 is 23.8 Å². The van der Waals surface area contributed by atoms with Crippen LogP contribution in [0.5, 0.6) is 17.2 Å². The van der Waals surface area contributed by atoms with Crippen molar-refractivity contribution in [2.45, 2.75) is 18.8 Å². The lowest BCUT2D eigenvalue weighted by Crippen LogP contribution is -2.23. The van der Waals surface area contributed by atoms with Crippen LogP contribution in [0.4, 0.5) is 5.95 Å². The van der Waals surface area contributed by atoms with Gasteiger partial charge in [0.25, 0.3) is 5.91 Å². The number of benzene rings is 2. The number of rotatable bonds is 6. The van der Waals surface area contributed by atoms with E-state index in [0.717, 1.165) is 5.56 Å². The number of hydrogen-bond donors (Lipinski definition) is 1. The molecule has 4 rings (SSSR count). The Hall–Kier alpha value is -3.94. The molecule has 164 valence electrons. The molecule has 0 aliphatic heterocycles. The molecule has 0 bridgehead atoms. The number of nitrogens with one attached hydrogen (secondary N) is 1. The van der Waals surface area contributed by atoms with Crippen LogP contribution in [0, 0.1) is 0 Å². The van der Waals surface area contributed by atoms with Crippen molar-refractivity contribution in [1.29, 1.82) is 0 Å². The molecular weight excluding hydrogens is 410 g/mol. The van der Waals surface area contributed by atoms with Gasteiger partial charge in [0.05, 0.1) is 38.2 Å². The van der Waals surface area contributed by atoms with Crippen LogP contribution in [-0.4, -0.2) is 43.0 Å². The Labute approximate surface area is 185 Å². The van der Waals surface area contributed by atoms with Gasteiger partial charge in [0.15, 0.2) is 5.78 Å². The Balaban J connectivity index is 1.60. The third kappa shape index (κ3) is 4.12. The van der Waals surface area contributed by atoms with Gasteiger partial charge in [-0.05, 0) is 30.2 Å². The molecular formula is C24H23N3O5. The summed E-state index contributed by atoms with van der Waals surface area (Å²) in [4.78, 5) is 34.1. The van der Waals surface area contributed by atoms with Crippen molar-refractivity contribution >= 4 is 17.6 Å². The monoisotopic (exact) mass is 433 g/mol. The summed E-state index contributed by atoms with van der Waals surface area (Å²) in [6, 6.07) is 12.4. The zero-order valence-corrected chi connectivity index (χ0v) is 18.0. The topological polar surface area (TPSA) is 99.6 Å². The zero-order chi connectivity index (χ0) is 22.7. The summed E-state index contributed by atoms with van der Waals surface area (Å²) < 4.78 is 16.0. The summed E-state index contributed by atoms with van der Waals surface area (Å²) in [7, 11) is 4.68. The van der Waals surface area contributed by atoms with E-state index >= 15 is 0 Å². The van der Waals surface area contributed by atoms with Crippen LogP contribution in [0.3, 0.4) is 0 Å². The number of amides is 1. The minimum Gasteiger partial charge on any atom is -0.497 e. The molecule has 0 saturated carbocycles. The van der Waals surface area contributed by atoms with Crippen molar-refractivity contribution in [2.24, 2.45) is 0 Å². The smallest absolute Gasteiger partial charge is 0.261 e. The average molecular weight is 433 g/mol. The average Bonchev–Trinajstić information content (AvgIpc) is 2.83. The summed E-state index contributed by atoms with van der Waals surface area (Å²) in [6.07, 6.45) is 2.32. The first-order valence-electron chi connectivity index (χ1n) is 10.1. The van der Waals surface area contributed by atoms with Crippen molar-refractivity contribution in [2.75, 3.05) is 26.6 Å². The van der Waals surface area contributed by atoms with E-state index in [1.54, 1.807) is 44.6 Å². The summed E-state index contributed by atoms with van der Waals surface area (Å²) in [5, 5.41) is 2.70. The zero-order valence-electron chi connectivity index (χ0n) is 18.0. The van der Waals surface area contributed by atoms with Gasteiger partial charge in [-0.2, -0.15) is 0 Å². The van der Waals surface area contributed by atoms with Gasteiger partial charge in [-0.3, -0.25) is 14.9 Å². The molecule has 1 heterocycles. The number of carbonyl (C=O) groups excluding carboxylic acids is 2. The number of para-hydroxylation sites is 1. The summed E-state index contributed by atoms with van der Waals surface area (Å²) in [6.45, 7) is 0. The number of aromatic nitrogens is 2. The Morgan fingerprint density at radius 2 is 1.78 bits per heavy atom. The first-order chi connectivity index (χ1) is 15.5. The minimum atomic E-state index is -0.391. The maximum absolute atomic E-state index is 12.8. The fraction of sp³-hybridized carbons (Fsp3) is 0.250. The molecule has 8 heteroatoms. The highest BCUT2D eigenvalue weighted by molar-refractivity contribution is 6.05. The van der Waals surface area contributed by atoms with Gasteiger partial charge in [0, 0.05) is 24.6 Å². The highest BCUT2D eigenvalue weighted by Crippen LogP contribution is 2.38. The summed E-state index contributed by atoms with van der Waals surface area (Å²) in [5.41, 5.74) is 2.34. The number of ketones is 1. The standard InChI is InChI=1S/C24H23N3O5/c1-30-15-8-9-16(22(12-15)32-3)14-10-19-18(20(28)11-14)13-25-24(26-19)27-23(29)17-6-4-5-7-21(17)31-2/h4-9,12-14H,10-11H2,1-3H3,(H,25,26,27,29)/t14-/m0/s1. The molecule has 1 aromatic heterocycles. The molecule has 1 amide bonds. The van der Waals surface area contributed by atoms with Crippen LogP contribution in [0.1, 0.15) is 44.3 Å². The largest absolute Gasteiger partial charge is 0.497 e. The van der Waals surface area contributed by atoms with E-state index in [0.29, 0.717) is 46.9 Å². The predicted molar refractivity (Wildman–Crippen MR) is 118 cm³/mol. The van der Waals surface area contributed by atoms with E-state index in [-0.39, 0.29) is 17.6 Å². The molecule has 8 nitrogen and oxygen atoms in total. The number of methoxy groups -OCH3 is 3. The Morgan fingerprint density at radius 1 is 1.00 bits per heavy atom. The molecule has 32 heavy (non-hydrogen) atoms. The van der Waals surface area contributed by atoms with Crippen molar-refractivity contribution in [3.63, 3.8) is 0 Å². The molecule has 0 unspecified atom stereocenters. The van der Waals surface area contributed by atoms with Crippen molar-refractivity contribution in [3.05, 3.63) is 71.0 Å². The molecule has 3 aromatic rings. The molecule has 1 aliphatic carbocycles. The second-order valence-corrected chi connectivity index (χ2v) is 7.34. The SMILES string of the molecule is COc1ccc([C@@H]2CC(=O)c3cnc(NC(=O)c4ccccc4OC)nc3C2)c(OC)c1. The lowest BCUT2D eigenvalue weighted by Gasteiger charge is -2.25. The number of fused-ring (bicyclic) bond motifs is 1. The van der Waals surface area contributed by atoms with Crippen LogP contribution in [0.25, 0.3) is 0 Å². The van der Waals surface area contributed by atoms with Crippen LogP contribution in [-0.2, 0) is 6.42 Å². The summed E-state index contributed by atoms with van der Waals surface area (Å²) in [5.74, 6) is 1.37. The maximum Gasteiger partial charge on any atom is 0.261 e. The number of carbonyl (C=O) groups is 2. The second kappa shape index (κ2) is 9.05.